The van der Waals surface area contributed by atoms with Gasteiger partial charge in [0, 0.05) is 5.56 Å². The van der Waals surface area contributed by atoms with Gasteiger partial charge in [0.25, 0.3) is 0 Å². The summed E-state index contributed by atoms with van der Waals surface area (Å²) in [7, 11) is 0. The molecule has 0 saturated heterocycles. The Kier molecular flexibility index (Phi) is 3.44. The van der Waals surface area contributed by atoms with Gasteiger partial charge in [0.05, 0.1) is 0 Å². The molecule has 68 valence electrons. The van der Waals surface area contributed by atoms with Gasteiger partial charge in [-0.1, -0.05) is 37.3 Å². The van der Waals surface area contributed by atoms with E-state index >= 15 is 0 Å². The quantitative estimate of drug-likeness (QED) is 0.643. The van der Waals surface area contributed by atoms with Crippen molar-refractivity contribution in [2.45, 2.75) is 20.3 Å². The first-order valence-electron chi connectivity index (χ1n) is 4.53. The Labute approximate surface area is 79.1 Å². The molecular formula is C12H14O. The van der Waals surface area contributed by atoms with Crippen LogP contribution >= 0.6 is 0 Å². The second-order valence-corrected chi connectivity index (χ2v) is 2.89. The van der Waals surface area contributed by atoms with Crippen molar-refractivity contribution in [3.05, 3.63) is 41.0 Å². The van der Waals surface area contributed by atoms with Crippen molar-refractivity contribution < 1.29 is 4.79 Å². The van der Waals surface area contributed by atoms with Crippen LogP contribution in [0.25, 0.3) is 6.08 Å². The van der Waals surface area contributed by atoms with Crippen molar-refractivity contribution in [1.82, 2.24) is 0 Å². The van der Waals surface area contributed by atoms with Crippen molar-refractivity contribution in [1.29, 1.82) is 0 Å². The van der Waals surface area contributed by atoms with Gasteiger partial charge >= 0.3 is 0 Å². The van der Waals surface area contributed by atoms with Gasteiger partial charge in [0.15, 0.2) is 6.29 Å². The van der Waals surface area contributed by atoms with Gasteiger partial charge < -0.3 is 0 Å². The number of benzene rings is 1. The molecule has 0 unspecified atom stereocenters. The molecule has 13 heavy (non-hydrogen) atoms. The first-order valence-corrected chi connectivity index (χ1v) is 4.53. The highest BCUT2D eigenvalue weighted by atomic mass is 16.1. The van der Waals surface area contributed by atoms with E-state index in [-0.39, 0.29) is 0 Å². The minimum absolute atomic E-state index is 0.775. The van der Waals surface area contributed by atoms with Crippen LogP contribution in [0.3, 0.4) is 0 Å². The molecule has 0 bridgehead atoms. The second-order valence-electron chi connectivity index (χ2n) is 2.89. The van der Waals surface area contributed by atoms with E-state index in [1.807, 2.05) is 31.2 Å². The van der Waals surface area contributed by atoms with Gasteiger partial charge in [-0.25, -0.2) is 0 Å². The van der Waals surface area contributed by atoms with Crippen LogP contribution in [0.2, 0.25) is 0 Å². The summed E-state index contributed by atoms with van der Waals surface area (Å²) in [6.07, 6.45) is 5.82. The fraction of sp³-hybridized carbons (Fsp3) is 0.250. The molecule has 1 aromatic rings. The lowest BCUT2D eigenvalue weighted by Crippen LogP contribution is -1.92. The lowest BCUT2D eigenvalue weighted by Gasteiger charge is -2.05. The largest absolute Gasteiger partial charge is 0.298 e. The molecule has 0 N–H and O–H groups in total. The number of hydrogen-bond acceptors (Lipinski definition) is 1. The van der Waals surface area contributed by atoms with Gasteiger partial charge in [-0.05, 0) is 24.5 Å². The number of carbonyl (C=O) groups is 1. The van der Waals surface area contributed by atoms with E-state index in [1.54, 1.807) is 0 Å². The van der Waals surface area contributed by atoms with Crippen LogP contribution in [0.1, 0.15) is 35.3 Å². The molecule has 0 spiro atoms. The Bertz CT molecular complexity index is 324. The van der Waals surface area contributed by atoms with Crippen molar-refractivity contribution >= 4 is 12.4 Å². The molecule has 0 aliphatic carbocycles. The van der Waals surface area contributed by atoms with Crippen molar-refractivity contribution in [2.24, 2.45) is 0 Å². The predicted molar refractivity (Wildman–Crippen MR) is 55.9 cm³/mol. The third kappa shape index (κ3) is 2.05. The summed E-state index contributed by atoms with van der Waals surface area (Å²) in [6, 6.07) is 5.83. The summed E-state index contributed by atoms with van der Waals surface area (Å²) in [5.41, 5.74) is 3.06. The Morgan fingerprint density at radius 3 is 2.69 bits per heavy atom. The van der Waals surface area contributed by atoms with Crippen molar-refractivity contribution in [2.75, 3.05) is 0 Å². The van der Waals surface area contributed by atoms with E-state index in [0.29, 0.717) is 0 Å². The maximum atomic E-state index is 10.7. The first-order chi connectivity index (χ1) is 6.33. The smallest absolute Gasteiger partial charge is 0.150 e. The minimum Gasteiger partial charge on any atom is -0.298 e. The highest BCUT2D eigenvalue weighted by molar-refractivity contribution is 5.82. The highest BCUT2D eigenvalue weighted by Gasteiger charge is 2.01. The van der Waals surface area contributed by atoms with E-state index in [4.69, 9.17) is 0 Å². The van der Waals surface area contributed by atoms with Crippen LogP contribution in [0.4, 0.5) is 0 Å². The zero-order chi connectivity index (χ0) is 9.68. The molecule has 1 rings (SSSR count). The molecule has 1 aromatic carbocycles. The lowest BCUT2D eigenvalue weighted by molar-refractivity contribution is 0.112. The number of rotatable bonds is 3. The molecule has 0 atom stereocenters. The van der Waals surface area contributed by atoms with Crippen LogP contribution in [0.15, 0.2) is 24.3 Å². The highest BCUT2D eigenvalue weighted by Crippen LogP contribution is 2.15. The number of carbonyl (C=O) groups excluding carboxylic acids is 1. The molecular weight excluding hydrogens is 160 g/mol. The first kappa shape index (κ1) is 9.72. The summed E-state index contributed by atoms with van der Waals surface area (Å²) in [4.78, 5) is 10.7. The normalized spacial score (nSPS) is 10.6. The van der Waals surface area contributed by atoms with E-state index in [9.17, 15) is 4.79 Å². The zero-order valence-corrected chi connectivity index (χ0v) is 8.08. The molecule has 0 fully saturated rings. The van der Waals surface area contributed by atoms with Crippen LogP contribution < -0.4 is 0 Å². The standard InChI is InChI=1S/C12H14O/c1-3-6-12-10(4-2)7-5-8-11(12)9-13/h3,5-9H,4H2,1-2H3/b6-3-. The minimum atomic E-state index is 0.775. The van der Waals surface area contributed by atoms with Gasteiger partial charge in [-0.15, -0.1) is 0 Å². The molecule has 0 heterocycles. The van der Waals surface area contributed by atoms with Gasteiger partial charge in [-0.3, -0.25) is 4.79 Å². The number of hydrogen-bond donors (Lipinski definition) is 0. The lowest BCUT2D eigenvalue weighted by atomic mass is 9.99. The number of aryl methyl sites for hydroxylation is 1. The van der Waals surface area contributed by atoms with E-state index in [2.05, 4.69) is 13.0 Å². The van der Waals surface area contributed by atoms with E-state index in [1.165, 1.54) is 5.56 Å². The SMILES string of the molecule is C/C=C\c1c(C=O)cccc1CC. The van der Waals surface area contributed by atoms with Crippen LogP contribution in [0.5, 0.6) is 0 Å². The summed E-state index contributed by atoms with van der Waals surface area (Å²) in [5, 5.41) is 0. The summed E-state index contributed by atoms with van der Waals surface area (Å²) < 4.78 is 0. The van der Waals surface area contributed by atoms with Crippen LogP contribution in [0, 0.1) is 0 Å². The Balaban J connectivity index is 3.28. The monoisotopic (exact) mass is 174 g/mol. The average Bonchev–Trinajstić information content (AvgIpc) is 2.18. The Morgan fingerprint density at radius 1 is 1.38 bits per heavy atom. The third-order valence-corrected chi connectivity index (χ3v) is 2.07. The number of allylic oxidation sites excluding steroid dienone is 1. The van der Waals surface area contributed by atoms with Crippen molar-refractivity contribution in [3.8, 4) is 0 Å². The fourth-order valence-corrected chi connectivity index (χ4v) is 1.41. The number of aldehydes is 1. The van der Waals surface area contributed by atoms with Crippen LogP contribution in [-0.2, 0) is 6.42 Å². The Hall–Kier alpha value is -1.37. The van der Waals surface area contributed by atoms with Crippen molar-refractivity contribution in [3.63, 3.8) is 0 Å². The van der Waals surface area contributed by atoms with Crippen LogP contribution in [-0.4, -0.2) is 6.29 Å². The van der Waals surface area contributed by atoms with Gasteiger partial charge in [-0.2, -0.15) is 0 Å². The summed E-state index contributed by atoms with van der Waals surface area (Å²) in [6.45, 7) is 4.05. The maximum absolute atomic E-state index is 10.7. The molecule has 1 nitrogen and oxygen atoms in total. The molecule has 0 saturated carbocycles. The van der Waals surface area contributed by atoms with Gasteiger partial charge in [0.2, 0.25) is 0 Å². The zero-order valence-electron chi connectivity index (χ0n) is 8.08. The molecule has 1 heteroatoms. The topological polar surface area (TPSA) is 17.1 Å². The average molecular weight is 174 g/mol. The molecule has 0 amide bonds. The molecule has 0 aliphatic rings. The fourth-order valence-electron chi connectivity index (χ4n) is 1.41. The summed E-state index contributed by atoms with van der Waals surface area (Å²) >= 11 is 0. The van der Waals surface area contributed by atoms with Gasteiger partial charge in [0.1, 0.15) is 0 Å². The van der Waals surface area contributed by atoms with E-state index in [0.717, 1.165) is 23.8 Å². The van der Waals surface area contributed by atoms with E-state index < -0.39 is 0 Å². The molecule has 0 radical (unpaired) electrons. The predicted octanol–water partition coefficient (Wildman–Crippen LogP) is 3.09. The third-order valence-electron chi connectivity index (χ3n) is 2.07. The molecule has 0 aromatic heterocycles. The Morgan fingerprint density at radius 2 is 2.15 bits per heavy atom. The molecule has 0 aliphatic heterocycles. The maximum Gasteiger partial charge on any atom is 0.150 e. The second kappa shape index (κ2) is 4.61. The summed E-state index contributed by atoms with van der Waals surface area (Å²) in [5.74, 6) is 0.